The molecule has 0 radical (unpaired) electrons. The van der Waals surface area contributed by atoms with Crippen LogP contribution in [0.1, 0.15) is 19.8 Å². The minimum absolute atomic E-state index is 0.0150. The van der Waals surface area contributed by atoms with Crippen LogP contribution >= 0.6 is 31.0 Å². The van der Waals surface area contributed by atoms with Gasteiger partial charge in [0.1, 0.15) is 11.5 Å². The van der Waals surface area contributed by atoms with E-state index in [0.29, 0.717) is 6.42 Å². The van der Waals surface area contributed by atoms with Gasteiger partial charge in [-0.05, 0) is 42.8 Å². The number of ether oxygens (including phenoxy) is 1. The number of aromatic amines is 1. The van der Waals surface area contributed by atoms with Crippen LogP contribution in [0.2, 0.25) is 10.0 Å². The fourth-order valence-corrected chi connectivity index (χ4v) is 5.20. The van der Waals surface area contributed by atoms with Crippen LogP contribution in [0.25, 0.3) is 5.69 Å². The van der Waals surface area contributed by atoms with Crippen molar-refractivity contribution in [2.45, 2.75) is 19.8 Å². The molecule has 0 fully saturated rings. The van der Waals surface area contributed by atoms with E-state index >= 15 is 0 Å². The Kier molecular flexibility index (Phi) is 9.72. The Morgan fingerprint density at radius 3 is 2.05 bits per heavy atom. The highest BCUT2D eigenvalue weighted by Crippen LogP contribution is 2.52. The number of aromatic nitrogens is 3. The van der Waals surface area contributed by atoms with Gasteiger partial charge in [-0.2, -0.15) is 9.25 Å². The number of nitrogens with zero attached hydrogens (tertiary/aromatic N) is 2. The number of H-pyrrole nitrogens is 1. The summed E-state index contributed by atoms with van der Waals surface area (Å²) in [7, 11) is -4.44. The summed E-state index contributed by atoms with van der Waals surface area (Å²) in [5, 5.41) is 5.68. The highest BCUT2D eigenvalue weighted by molar-refractivity contribution is 7.49. The quantitative estimate of drug-likeness (QED) is 0.147. The first-order valence-corrected chi connectivity index (χ1v) is 14.3. The van der Waals surface area contributed by atoms with Crippen molar-refractivity contribution in [1.29, 1.82) is 0 Å². The second kappa shape index (κ2) is 13.4. The molecule has 214 valence electrons. The summed E-state index contributed by atoms with van der Waals surface area (Å²) in [4.78, 5) is 38.8. The van der Waals surface area contributed by atoms with Crippen LogP contribution < -0.4 is 30.1 Å². The molecule has 0 saturated carbocycles. The number of hydrogen-bond donors (Lipinski definition) is 2. The predicted molar refractivity (Wildman–Crippen MR) is 153 cm³/mol. The van der Waals surface area contributed by atoms with Crippen molar-refractivity contribution in [1.82, 2.24) is 14.8 Å². The topological polar surface area (TPSA) is 151 Å². The maximum atomic E-state index is 13.8. The van der Waals surface area contributed by atoms with E-state index in [2.05, 4.69) is 10.4 Å². The molecule has 1 heterocycles. The van der Waals surface area contributed by atoms with E-state index in [0.717, 1.165) is 11.1 Å². The maximum absolute atomic E-state index is 13.8. The lowest BCUT2D eigenvalue weighted by molar-refractivity contribution is 0.159. The van der Waals surface area contributed by atoms with Crippen molar-refractivity contribution in [3.63, 3.8) is 0 Å². The monoisotopic (exact) mass is 620 g/mol. The van der Waals surface area contributed by atoms with E-state index in [4.69, 9.17) is 41.5 Å². The number of hydrogen-bond acceptors (Lipinski definition) is 9. The first-order chi connectivity index (χ1) is 19.7. The molecule has 0 spiro atoms. The second-order valence-electron chi connectivity index (χ2n) is 8.22. The molecule has 15 heteroatoms. The van der Waals surface area contributed by atoms with Gasteiger partial charge in [-0.1, -0.05) is 72.9 Å². The molecule has 4 aromatic rings. The largest absolute Gasteiger partial charge is 0.647 e. The van der Waals surface area contributed by atoms with Gasteiger partial charge in [0, 0.05) is 0 Å². The van der Waals surface area contributed by atoms with Crippen molar-refractivity contribution >= 4 is 42.9 Å². The highest BCUT2D eigenvalue weighted by atomic mass is 35.5. The SMILES string of the molecule is CCCCOC(=O)Nc1nn(-c2cc(Cl)c(OP(=O)(Oc3ccccc3)Oc3ccccc3)c(Cl)c2)c(=O)[nH]c1=O. The Hall–Kier alpha value is -4.25. The fraction of sp³-hybridized carbons (Fsp3) is 0.154. The molecule has 1 aromatic heterocycles. The number of carbonyl (C=O) groups excluding carboxylic acids is 1. The Labute approximate surface area is 243 Å². The number of benzene rings is 3. The zero-order chi connectivity index (χ0) is 29.4. The van der Waals surface area contributed by atoms with Gasteiger partial charge in [-0.3, -0.25) is 15.1 Å². The van der Waals surface area contributed by atoms with E-state index < -0.39 is 31.0 Å². The van der Waals surface area contributed by atoms with Gasteiger partial charge in [0.2, 0.25) is 5.82 Å². The van der Waals surface area contributed by atoms with Gasteiger partial charge in [0.15, 0.2) is 5.75 Å². The first-order valence-electron chi connectivity index (χ1n) is 12.1. The molecule has 3 aromatic carbocycles. The number of unbranched alkanes of at least 4 members (excludes halogenated alkanes) is 1. The van der Waals surface area contributed by atoms with Crippen molar-refractivity contribution in [3.8, 4) is 22.9 Å². The number of halogens is 2. The summed E-state index contributed by atoms with van der Waals surface area (Å²) in [5.74, 6) is -0.404. The van der Waals surface area contributed by atoms with Crippen LogP contribution in [-0.4, -0.2) is 27.5 Å². The third-order valence-corrected chi connectivity index (χ3v) is 6.97. The number of amides is 1. The predicted octanol–water partition coefficient (Wildman–Crippen LogP) is 6.22. The molecule has 4 rings (SSSR count). The number of rotatable bonds is 11. The summed E-state index contributed by atoms with van der Waals surface area (Å²) in [6.07, 6.45) is 0.501. The van der Waals surface area contributed by atoms with E-state index in [1.807, 2.05) is 11.9 Å². The van der Waals surface area contributed by atoms with Crippen molar-refractivity contribution in [2.24, 2.45) is 0 Å². The van der Waals surface area contributed by atoms with Gasteiger partial charge in [-0.15, -0.1) is 5.10 Å². The van der Waals surface area contributed by atoms with E-state index in [1.54, 1.807) is 60.7 Å². The van der Waals surface area contributed by atoms with Crippen molar-refractivity contribution < 1.29 is 27.7 Å². The van der Waals surface area contributed by atoms with E-state index in [9.17, 15) is 18.9 Å². The summed E-state index contributed by atoms with van der Waals surface area (Å²) in [6.45, 7) is 2.06. The molecule has 0 bridgehead atoms. The van der Waals surface area contributed by atoms with Crippen molar-refractivity contribution in [3.05, 3.63) is 104 Å². The second-order valence-corrected chi connectivity index (χ2v) is 10.5. The minimum atomic E-state index is -4.44. The molecule has 0 aliphatic rings. The normalized spacial score (nSPS) is 11.0. The molecule has 0 saturated heterocycles. The van der Waals surface area contributed by atoms with Gasteiger partial charge in [0.25, 0.3) is 5.56 Å². The van der Waals surface area contributed by atoms with Crippen LogP contribution in [0.5, 0.6) is 17.2 Å². The smallest absolute Gasteiger partial charge is 0.449 e. The number of para-hydroxylation sites is 2. The van der Waals surface area contributed by atoms with Crippen LogP contribution in [0.4, 0.5) is 10.6 Å². The van der Waals surface area contributed by atoms with Crippen LogP contribution in [0.15, 0.2) is 82.4 Å². The number of anilines is 1. The molecule has 0 aliphatic carbocycles. The lowest BCUT2D eigenvalue weighted by atomic mass is 10.3. The zero-order valence-corrected chi connectivity index (χ0v) is 23.8. The van der Waals surface area contributed by atoms with Crippen LogP contribution in [-0.2, 0) is 9.30 Å². The Bertz CT molecular complexity index is 1610. The minimum Gasteiger partial charge on any atom is -0.449 e. The van der Waals surface area contributed by atoms with E-state index in [-0.39, 0.29) is 39.6 Å². The third kappa shape index (κ3) is 7.91. The lowest BCUT2D eigenvalue weighted by Gasteiger charge is -2.21. The standard InChI is InChI=1S/C26H23Cl2N4O8P/c1-2-3-14-37-26(35)29-23-24(33)30-25(34)32(31-23)17-15-20(27)22(21(28)16-17)40-41(36,38-18-10-6-4-7-11-18)39-19-12-8-5-9-13-19/h4-13,15-16H,2-3,14H2,1H3,(H,29,31,35)(H,30,33,34). The zero-order valence-electron chi connectivity index (χ0n) is 21.4. The Balaban J connectivity index is 1.65. The summed E-state index contributed by atoms with van der Waals surface area (Å²) in [6, 6.07) is 18.8. The Morgan fingerprint density at radius 1 is 0.951 bits per heavy atom. The average Bonchev–Trinajstić information content (AvgIpc) is 2.93. The Morgan fingerprint density at radius 2 is 1.51 bits per heavy atom. The molecule has 1 amide bonds. The van der Waals surface area contributed by atoms with Gasteiger partial charge in [0.05, 0.1) is 22.3 Å². The molecular weight excluding hydrogens is 598 g/mol. The highest BCUT2D eigenvalue weighted by Gasteiger charge is 2.35. The summed E-state index contributed by atoms with van der Waals surface area (Å²) >= 11 is 12.9. The average molecular weight is 621 g/mol. The first kappa shape index (κ1) is 29.7. The van der Waals surface area contributed by atoms with E-state index in [1.165, 1.54) is 12.1 Å². The fourth-order valence-electron chi connectivity index (χ4n) is 3.24. The van der Waals surface area contributed by atoms with Gasteiger partial charge >= 0.3 is 19.6 Å². The lowest BCUT2D eigenvalue weighted by Crippen LogP contribution is -2.34. The molecule has 41 heavy (non-hydrogen) atoms. The number of phosphoric ester groups is 1. The third-order valence-electron chi connectivity index (χ3n) is 5.13. The van der Waals surface area contributed by atoms with Crippen molar-refractivity contribution in [2.75, 3.05) is 11.9 Å². The summed E-state index contributed by atoms with van der Waals surface area (Å²) < 4.78 is 36.3. The number of carbonyl (C=O) groups is 1. The molecular formula is C26H23Cl2N4O8P. The molecule has 0 atom stereocenters. The molecule has 2 N–H and O–H groups in total. The van der Waals surface area contributed by atoms with Crippen LogP contribution in [0.3, 0.4) is 0 Å². The van der Waals surface area contributed by atoms with Crippen LogP contribution in [0, 0.1) is 0 Å². The summed E-state index contributed by atoms with van der Waals surface area (Å²) in [5.41, 5.74) is -1.92. The van der Waals surface area contributed by atoms with Gasteiger partial charge in [-0.25, -0.2) is 9.59 Å². The number of nitrogens with one attached hydrogen (secondary N) is 2. The molecule has 12 nitrogen and oxygen atoms in total. The number of phosphoric acid groups is 1. The molecule has 0 aliphatic heterocycles. The maximum Gasteiger partial charge on any atom is 0.647 e. The van der Waals surface area contributed by atoms with Gasteiger partial charge < -0.3 is 18.3 Å². The molecule has 0 unspecified atom stereocenters.